The first-order valence-corrected chi connectivity index (χ1v) is 7.55. The van der Waals surface area contributed by atoms with Gasteiger partial charge in [-0.25, -0.2) is 9.67 Å². The highest BCUT2D eigenvalue weighted by Crippen LogP contribution is 2.38. The number of nitrogens with zero attached hydrogens (tertiary/aromatic N) is 3. The van der Waals surface area contributed by atoms with Gasteiger partial charge in [-0.2, -0.15) is 5.10 Å². The minimum absolute atomic E-state index is 0.694. The molecule has 4 rings (SSSR count). The third-order valence-corrected chi connectivity index (χ3v) is 4.18. The lowest BCUT2D eigenvalue weighted by atomic mass is 10.2. The van der Waals surface area contributed by atoms with E-state index in [1.54, 1.807) is 0 Å². The summed E-state index contributed by atoms with van der Waals surface area (Å²) in [4.78, 5) is 4.70. The van der Waals surface area contributed by atoms with Crippen molar-refractivity contribution in [3.63, 3.8) is 0 Å². The van der Waals surface area contributed by atoms with Crippen LogP contribution in [0, 0.1) is 6.92 Å². The van der Waals surface area contributed by atoms with Crippen LogP contribution in [0.3, 0.4) is 0 Å². The maximum absolute atomic E-state index is 4.70. The molecule has 2 aliphatic carbocycles. The molecule has 104 valence electrons. The average Bonchev–Trinajstić information content (AvgIpc) is 3.37. The van der Waals surface area contributed by atoms with Gasteiger partial charge in [0.25, 0.3) is 0 Å². The average molecular weight is 268 g/mol. The largest absolute Gasteiger partial charge is 0.310 e. The van der Waals surface area contributed by atoms with Crippen LogP contribution in [0.4, 0.5) is 0 Å². The van der Waals surface area contributed by atoms with Crippen molar-refractivity contribution in [1.29, 1.82) is 0 Å². The molecule has 2 fully saturated rings. The zero-order valence-electron chi connectivity index (χ0n) is 11.8. The van der Waals surface area contributed by atoms with Gasteiger partial charge in [0.2, 0.25) is 0 Å². The Labute approximate surface area is 119 Å². The molecule has 0 aromatic carbocycles. The summed E-state index contributed by atoms with van der Waals surface area (Å²) in [5.74, 6) is 1.61. The molecule has 0 unspecified atom stereocenters. The van der Waals surface area contributed by atoms with E-state index in [0.29, 0.717) is 5.92 Å². The first-order chi connectivity index (χ1) is 9.79. The van der Waals surface area contributed by atoms with Crippen LogP contribution < -0.4 is 5.32 Å². The van der Waals surface area contributed by atoms with Gasteiger partial charge in [0.1, 0.15) is 0 Å². The summed E-state index contributed by atoms with van der Waals surface area (Å²) in [5, 5.41) is 8.17. The van der Waals surface area contributed by atoms with Crippen molar-refractivity contribution >= 4 is 0 Å². The lowest BCUT2D eigenvalue weighted by Gasteiger charge is -2.08. The van der Waals surface area contributed by atoms with E-state index in [4.69, 9.17) is 4.98 Å². The molecular formula is C16H20N4. The van der Waals surface area contributed by atoms with Gasteiger partial charge in [-0.15, -0.1) is 0 Å². The summed E-state index contributed by atoms with van der Waals surface area (Å²) in [5.41, 5.74) is 3.60. The molecule has 2 aromatic rings. The van der Waals surface area contributed by atoms with Crippen molar-refractivity contribution in [2.24, 2.45) is 0 Å². The van der Waals surface area contributed by atoms with Crippen LogP contribution >= 0.6 is 0 Å². The first-order valence-electron chi connectivity index (χ1n) is 7.55. The maximum Gasteiger partial charge on any atom is 0.153 e. The number of hydrogen-bond acceptors (Lipinski definition) is 3. The summed E-state index contributed by atoms with van der Waals surface area (Å²) in [6, 6.07) is 7.10. The SMILES string of the molecule is Cc1nc(-n2ccc(C3CC3)n2)ccc1CNC1CC1. The van der Waals surface area contributed by atoms with Gasteiger partial charge < -0.3 is 5.32 Å². The lowest BCUT2D eigenvalue weighted by Crippen LogP contribution is -2.16. The molecule has 0 aliphatic heterocycles. The van der Waals surface area contributed by atoms with Gasteiger partial charge in [0.15, 0.2) is 5.82 Å². The summed E-state index contributed by atoms with van der Waals surface area (Å²) < 4.78 is 1.90. The second kappa shape index (κ2) is 4.70. The smallest absolute Gasteiger partial charge is 0.153 e. The Hall–Kier alpha value is -1.68. The van der Waals surface area contributed by atoms with E-state index in [-0.39, 0.29) is 0 Å². The molecule has 0 atom stereocenters. The minimum Gasteiger partial charge on any atom is -0.310 e. The van der Waals surface area contributed by atoms with Crippen LogP contribution in [-0.2, 0) is 6.54 Å². The van der Waals surface area contributed by atoms with E-state index < -0.39 is 0 Å². The normalized spacial score (nSPS) is 18.4. The number of pyridine rings is 1. The standard InChI is InChI=1S/C16H20N4/c1-11-13(10-17-14-5-6-14)4-7-16(18-11)20-9-8-15(19-20)12-2-3-12/h4,7-9,12,14,17H,2-3,5-6,10H2,1H3. The monoisotopic (exact) mass is 268 g/mol. The number of rotatable bonds is 5. The zero-order chi connectivity index (χ0) is 13.5. The number of aryl methyl sites for hydroxylation is 1. The van der Waals surface area contributed by atoms with Gasteiger partial charge in [-0.05, 0) is 50.3 Å². The Morgan fingerprint density at radius 1 is 1.20 bits per heavy atom. The molecule has 2 saturated carbocycles. The molecule has 4 nitrogen and oxygen atoms in total. The van der Waals surface area contributed by atoms with Gasteiger partial charge >= 0.3 is 0 Å². The second-order valence-electron chi connectivity index (χ2n) is 6.03. The Morgan fingerprint density at radius 2 is 2.05 bits per heavy atom. The fourth-order valence-corrected chi connectivity index (χ4v) is 2.50. The quantitative estimate of drug-likeness (QED) is 0.906. The second-order valence-corrected chi connectivity index (χ2v) is 6.03. The number of hydrogen-bond donors (Lipinski definition) is 1. The number of aromatic nitrogens is 3. The van der Waals surface area contributed by atoms with Crippen molar-refractivity contribution in [2.75, 3.05) is 0 Å². The Balaban J connectivity index is 1.53. The van der Waals surface area contributed by atoms with E-state index in [0.717, 1.165) is 24.1 Å². The zero-order valence-corrected chi connectivity index (χ0v) is 11.8. The molecule has 0 spiro atoms. The van der Waals surface area contributed by atoms with E-state index in [9.17, 15) is 0 Å². The summed E-state index contributed by atoms with van der Waals surface area (Å²) in [6.45, 7) is 3.01. The van der Waals surface area contributed by atoms with E-state index in [1.807, 2.05) is 10.9 Å². The lowest BCUT2D eigenvalue weighted by molar-refractivity contribution is 0.680. The third kappa shape index (κ3) is 2.48. The van der Waals surface area contributed by atoms with Crippen LogP contribution in [0.15, 0.2) is 24.4 Å². The van der Waals surface area contributed by atoms with Crippen LogP contribution in [0.1, 0.15) is 48.6 Å². The summed E-state index contributed by atoms with van der Waals surface area (Å²) in [6.07, 6.45) is 7.24. The van der Waals surface area contributed by atoms with Crippen LogP contribution in [0.2, 0.25) is 0 Å². The topological polar surface area (TPSA) is 42.7 Å². The van der Waals surface area contributed by atoms with Crippen molar-refractivity contribution in [2.45, 2.75) is 51.1 Å². The first kappa shape index (κ1) is 12.1. The Kier molecular flexibility index (Phi) is 2.84. The van der Waals surface area contributed by atoms with Crippen molar-refractivity contribution in [1.82, 2.24) is 20.1 Å². The predicted octanol–water partition coefficient (Wildman–Crippen LogP) is 2.71. The molecule has 20 heavy (non-hydrogen) atoms. The highest BCUT2D eigenvalue weighted by Gasteiger charge is 2.26. The van der Waals surface area contributed by atoms with Gasteiger partial charge in [0, 0.05) is 30.4 Å². The molecule has 0 saturated heterocycles. The molecular weight excluding hydrogens is 248 g/mol. The van der Waals surface area contributed by atoms with Crippen molar-refractivity contribution in [3.05, 3.63) is 41.3 Å². The maximum atomic E-state index is 4.70. The van der Waals surface area contributed by atoms with Crippen molar-refractivity contribution < 1.29 is 0 Å². The highest BCUT2D eigenvalue weighted by molar-refractivity contribution is 5.30. The molecule has 0 radical (unpaired) electrons. The van der Waals surface area contributed by atoms with E-state index in [2.05, 4.69) is 35.5 Å². The van der Waals surface area contributed by atoms with Crippen LogP contribution in [0.25, 0.3) is 5.82 Å². The van der Waals surface area contributed by atoms with E-state index >= 15 is 0 Å². The fourth-order valence-electron chi connectivity index (χ4n) is 2.50. The van der Waals surface area contributed by atoms with Crippen LogP contribution in [0.5, 0.6) is 0 Å². The minimum atomic E-state index is 0.694. The van der Waals surface area contributed by atoms with Crippen molar-refractivity contribution in [3.8, 4) is 5.82 Å². The Morgan fingerprint density at radius 3 is 2.75 bits per heavy atom. The van der Waals surface area contributed by atoms with Crippen LogP contribution in [-0.4, -0.2) is 20.8 Å². The molecule has 0 bridgehead atoms. The fraction of sp³-hybridized carbons (Fsp3) is 0.500. The third-order valence-electron chi connectivity index (χ3n) is 4.18. The molecule has 0 amide bonds. The molecule has 2 heterocycles. The van der Waals surface area contributed by atoms with Gasteiger partial charge in [0.05, 0.1) is 5.69 Å². The Bertz CT molecular complexity index is 623. The van der Waals surface area contributed by atoms with Gasteiger partial charge in [-0.3, -0.25) is 0 Å². The molecule has 4 heteroatoms. The molecule has 2 aromatic heterocycles. The summed E-state index contributed by atoms with van der Waals surface area (Å²) in [7, 11) is 0. The van der Waals surface area contributed by atoms with E-state index in [1.165, 1.54) is 36.9 Å². The molecule has 2 aliphatic rings. The number of nitrogens with one attached hydrogen (secondary N) is 1. The predicted molar refractivity (Wildman–Crippen MR) is 77.9 cm³/mol. The van der Waals surface area contributed by atoms with Gasteiger partial charge in [-0.1, -0.05) is 6.07 Å². The summed E-state index contributed by atoms with van der Waals surface area (Å²) >= 11 is 0. The highest BCUT2D eigenvalue weighted by atomic mass is 15.3. The molecule has 1 N–H and O–H groups in total.